The van der Waals surface area contributed by atoms with Gasteiger partial charge in [0.05, 0.1) is 25.1 Å². The van der Waals surface area contributed by atoms with Gasteiger partial charge in [-0.1, -0.05) is 26.6 Å². The molecule has 2 unspecified atom stereocenters. The van der Waals surface area contributed by atoms with Crippen LogP contribution in [0.4, 0.5) is 0 Å². The molecule has 0 aliphatic heterocycles. The van der Waals surface area contributed by atoms with Crippen molar-refractivity contribution in [2.45, 2.75) is 58.1 Å². The summed E-state index contributed by atoms with van der Waals surface area (Å²) >= 11 is 0. The zero-order valence-corrected chi connectivity index (χ0v) is 19.1. The van der Waals surface area contributed by atoms with Gasteiger partial charge < -0.3 is 14.0 Å². The van der Waals surface area contributed by atoms with Crippen molar-refractivity contribution in [2.75, 3.05) is 13.7 Å². The quantitative estimate of drug-likeness (QED) is 0.325. The molecule has 1 aliphatic rings. The van der Waals surface area contributed by atoms with Crippen LogP contribution in [0.25, 0.3) is 16.8 Å². The SMILES string of the molecule is COC=C1CC(C)C(c2nnc3cnc4c(ccn4COCC[Si](C)(C)C)n23)C1. The summed E-state index contributed by atoms with van der Waals surface area (Å²) in [6.45, 7) is 10.7. The van der Waals surface area contributed by atoms with Crippen molar-refractivity contribution in [3.05, 3.63) is 36.1 Å². The predicted molar refractivity (Wildman–Crippen MR) is 117 cm³/mol. The molecule has 2 atom stereocenters. The van der Waals surface area contributed by atoms with E-state index in [1.165, 1.54) is 5.57 Å². The van der Waals surface area contributed by atoms with Crippen molar-refractivity contribution in [3.63, 3.8) is 0 Å². The van der Waals surface area contributed by atoms with E-state index in [-0.39, 0.29) is 0 Å². The zero-order valence-electron chi connectivity index (χ0n) is 18.1. The average Bonchev–Trinajstić information content (AvgIpc) is 3.34. The maximum atomic E-state index is 5.94. The maximum Gasteiger partial charge on any atom is 0.179 e. The Bertz CT molecular complexity index is 1030. The van der Waals surface area contributed by atoms with E-state index in [0.717, 1.165) is 48.1 Å². The number of aromatic nitrogens is 5. The molecule has 1 aliphatic carbocycles. The van der Waals surface area contributed by atoms with E-state index in [1.807, 2.05) is 18.7 Å². The summed E-state index contributed by atoms with van der Waals surface area (Å²) in [5.74, 6) is 1.84. The molecule has 0 saturated heterocycles. The van der Waals surface area contributed by atoms with E-state index in [1.54, 1.807) is 7.11 Å². The van der Waals surface area contributed by atoms with Crippen molar-refractivity contribution < 1.29 is 9.47 Å². The molecule has 0 spiro atoms. The van der Waals surface area contributed by atoms with Crippen LogP contribution in [0, 0.1) is 5.92 Å². The van der Waals surface area contributed by atoms with Crippen molar-refractivity contribution in [1.29, 1.82) is 0 Å². The fraction of sp³-hybridized carbons (Fsp3) is 0.571. The van der Waals surface area contributed by atoms with Crippen LogP contribution in [0.3, 0.4) is 0 Å². The number of ether oxygens (including phenoxy) is 2. The Balaban J connectivity index is 1.62. The molecule has 0 N–H and O–H groups in total. The summed E-state index contributed by atoms with van der Waals surface area (Å²) in [6, 6.07) is 3.26. The minimum Gasteiger partial charge on any atom is -0.504 e. The second-order valence-corrected chi connectivity index (χ2v) is 15.0. The van der Waals surface area contributed by atoms with Gasteiger partial charge in [-0.3, -0.25) is 4.40 Å². The number of nitrogens with zero attached hydrogens (tertiary/aromatic N) is 5. The first-order valence-corrected chi connectivity index (χ1v) is 14.1. The van der Waals surface area contributed by atoms with Gasteiger partial charge in [-0.15, -0.1) is 10.2 Å². The highest BCUT2D eigenvalue weighted by Crippen LogP contribution is 2.42. The number of hydrogen-bond donors (Lipinski definition) is 0. The molecule has 0 radical (unpaired) electrons. The monoisotopic (exact) mass is 413 g/mol. The van der Waals surface area contributed by atoms with E-state index >= 15 is 0 Å². The van der Waals surface area contributed by atoms with Crippen molar-refractivity contribution in [1.82, 2.24) is 24.1 Å². The van der Waals surface area contributed by atoms with Gasteiger partial charge in [-0.2, -0.15) is 0 Å². The third-order valence-corrected chi connectivity index (χ3v) is 7.47. The normalized spacial score (nSPS) is 21.6. The van der Waals surface area contributed by atoms with E-state index in [2.05, 4.69) is 56.8 Å². The molecule has 0 amide bonds. The summed E-state index contributed by atoms with van der Waals surface area (Å²) in [4.78, 5) is 4.64. The van der Waals surface area contributed by atoms with Crippen LogP contribution in [0.5, 0.6) is 0 Å². The number of rotatable bonds is 7. The maximum absolute atomic E-state index is 5.94. The van der Waals surface area contributed by atoms with E-state index in [9.17, 15) is 0 Å². The molecule has 0 bridgehead atoms. The molecular formula is C21H31N5O2Si. The largest absolute Gasteiger partial charge is 0.504 e. The van der Waals surface area contributed by atoms with Gasteiger partial charge >= 0.3 is 0 Å². The molecule has 1 saturated carbocycles. The predicted octanol–water partition coefficient (Wildman–Crippen LogP) is 4.44. The average molecular weight is 414 g/mol. The third-order valence-electron chi connectivity index (χ3n) is 5.77. The van der Waals surface area contributed by atoms with Crippen molar-refractivity contribution >= 4 is 24.9 Å². The van der Waals surface area contributed by atoms with Gasteiger partial charge in [0, 0.05) is 26.8 Å². The summed E-state index contributed by atoms with van der Waals surface area (Å²) in [6.07, 6.45) is 7.73. The van der Waals surface area contributed by atoms with Crippen LogP contribution in [-0.4, -0.2) is 45.9 Å². The minimum absolute atomic E-state index is 0.327. The minimum atomic E-state index is -1.09. The molecular weight excluding hydrogens is 382 g/mol. The van der Waals surface area contributed by atoms with Crippen molar-refractivity contribution in [3.8, 4) is 0 Å². The molecule has 3 aromatic heterocycles. The van der Waals surface area contributed by atoms with Gasteiger partial charge in [0.25, 0.3) is 0 Å². The Labute approximate surface area is 172 Å². The van der Waals surface area contributed by atoms with E-state index in [4.69, 9.17) is 9.47 Å². The summed E-state index contributed by atoms with van der Waals surface area (Å²) in [5.41, 5.74) is 4.07. The van der Waals surface area contributed by atoms with Gasteiger partial charge in [-0.05, 0) is 36.4 Å². The Morgan fingerprint density at radius 2 is 2.07 bits per heavy atom. The van der Waals surface area contributed by atoms with Crippen molar-refractivity contribution in [2.24, 2.45) is 5.92 Å². The Hall–Kier alpha value is -2.19. The van der Waals surface area contributed by atoms with Crippen LogP contribution in [0.15, 0.2) is 30.3 Å². The molecule has 4 rings (SSSR count). The fourth-order valence-corrected chi connectivity index (χ4v) is 4.90. The van der Waals surface area contributed by atoms with Gasteiger partial charge in [0.1, 0.15) is 12.6 Å². The van der Waals surface area contributed by atoms with Gasteiger partial charge in [0.15, 0.2) is 11.3 Å². The lowest BCUT2D eigenvalue weighted by Gasteiger charge is -2.15. The number of fused-ring (bicyclic) bond motifs is 3. The zero-order chi connectivity index (χ0) is 20.6. The Kier molecular flexibility index (Phi) is 5.48. The highest BCUT2D eigenvalue weighted by atomic mass is 28.3. The first-order chi connectivity index (χ1) is 13.9. The summed E-state index contributed by atoms with van der Waals surface area (Å²) in [5, 5.41) is 8.95. The Morgan fingerprint density at radius 3 is 2.83 bits per heavy atom. The smallest absolute Gasteiger partial charge is 0.179 e. The molecule has 156 valence electrons. The van der Waals surface area contributed by atoms with Crippen LogP contribution in [0.2, 0.25) is 25.7 Å². The second-order valence-electron chi connectivity index (χ2n) is 9.36. The molecule has 1 fully saturated rings. The lowest BCUT2D eigenvalue weighted by atomic mass is 9.97. The molecule has 8 heteroatoms. The third kappa shape index (κ3) is 4.09. The molecule has 0 aromatic carbocycles. The number of hydrogen-bond acceptors (Lipinski definition) is 5. The summed E-state index contributed by atoms with van der Waals surface area (Å²) < 4.78 is 15.4. The molecule has 29 heavy (non-hydrogen) atoms. The van der Waals surface area contributed by atoms with E-state index in [0.29, 0.717) is 18.6 Å². The van der Waals surface area contributed by atoms with Crippen LogP contribution in [0.1, 0.15) is 31.5 Å². The van der Waals surface area contributed by atoms with Crippen LogP contribution in [-0.2, 0) is 16.2 Å². The highest BCUT2D eigenvalue weighted by molar-refractivity contribution is 6.76. The van der Waals surface area contributed by atoms with E-state index < -0.39 is 8.07 Å². The molecule has 3 aromatic rings. The van der Waals surface area contributed by atoms with Gasteiger partial charge in [0.2, 0.25) is 0 Å². The Morgan fingerprint density at radius 1 is 1.24 bits per heavy atom. The summed E-state index contributed by atoms with van der Waals surface area (Å²) in [7, 11) is 0.624. The van der Waals surface area contributed by atoms with Crippen LogP contribution < -0.4 is 0 Å². The number of allylic oxidation sites excluding steroid dienone is 1. The lowest BCUT2D eigenvalue weighted by molar-refractivity contribution is 0.0899. The second kappa shape index (κ2) is 7.91. The highest BCUT2D eigenvalue weighted by Gasteiger charge is 2.32. The first kappa shape index (κ1) is 20.1. The number of methoxy groups -OCH3 is 1. The van der Waals surface area contributed by atoms with Gasteiger partial charge in [-0.25, -0.2) is 4.98 Å². The topological polar surface area (TPSA) is 66.5 Å². The molecule has 7 nitrogen and oxygen atoms in total. The first-order valence-electron chi connectivity index (χ1n) is 10.3. The lowest BCUT2D eigenvalue weighted by Crippen LogP contribution is -2.22. The standard InChI is InChI=1S/C21H31N5O2Si/c1-15-10-16(13-27-2)11-17(15)20-24-23-19-12-22-21-18(26(19)20)6-7-25(21)14-28-8-9-29(3,4)5/h6-7,12-13,15,17H,8-11,14H2,1-5H3. The van der Waals surface area contributed by atoms with Crippen LogP contribution >= 0.6 is 0 Å². The molecule has 3 heterocycles. The fourth-order valence-electron chi connectivity index (χ4n) is 4.14.